The second-order valence-electron chi connectivity index (χ2n) is 6.74. The highest BCUT2D eigenvalue weighted by atomic mass is 16.5. The average Bonchev–Trinajstić information content (AvgIpc) is 3.05. The number of benzene rings is 1. The molecule has 2 aliphatic rings. The second-order valence-corrected chi connectivity index (χ2v) is 6.74. The molecule has 24 heavy (non-hydrogen) atoms. The Bertz CT molecular complexity index is 718. The maximum atomic E-state index is 12.3. The number of hydrogen-bond acceptors (Lipinski definition) is 4. The van der Waals surface area contributed by atoms with Crippen molar-refractivity contribution in [3.8, 4) is 5.69 Å². The smallest absolute Gasteiger partial charge is 0.347 e. The fourth-order valence-electron chi connectivity index (χ4n) is 4.01. The van der Waals surface area contributed by atoms with Gasteiger partial charge in [0.15, 0.2) is 0 Å². The molecule has 128 valence electrons. The van der Waals surface area contributed by atoms with Gasteiger partial charge in [0.05, 0.1) is 5.69 Å². The molecule has 1 atom stereocenters. The van der Waals surface area contributed by atoms with E-state index in [1.165, 1.54) is 0 Å². The summed E-state index contributed by atoms with van der Waals surface area (Å²) in [5.74, 6) is 1.16. The predicted octanol–water partition coefficient (Wildman–Crippen LogP) is 1.92. The molecular weight excluding hydrogens is 304 g/mol. The van der Waals surface area contributed by atoms with Crippen LogP contribution >= 0.6 is 0 Å². The number of aromatic nitrogens is 3. The topological polar surface area (TPSA) is 63.1 Å². The number of likely N-dealkylation sites (tertiary alicyclic amines) is 1. The van der Waals surface area contributed by atoms with E-state index in [0.29, 0.717) is 12.0 Å². The van der Waals surface area contributed by atoms with Crippen LogP contribution in [0.25, 0.3) is 5.69 Å². The number of aromatic amines is 1. The van der Waals surface area contributed by atoms with E-state index in [2.05, 4.69) is 15.1 Å². The molecule has 3 heterocycles. The molecular formula is C18H24N4O2. The van der Waals surface area contributed by atoms with Gasteiger partial charge in [-0.2, -0.15) is 5.10 Å². The maximum absolute atomic E-state index is 12.3. The molecule has 0 aliphatic carbocycles. The molecule has 2 aromatic rings. The Kier molecular flexibility index (Phi) is 4.49. The summed E-state index contributed by atoms with van der Waals surface area (Å²) in [4.78, 5) is 14.9. The van der Waals surface area contributed by atoms with E-state index in [4.69, 9.17) is 4.74 Å². The summed E-state index contributed by atoms with van der Waals surface area (Å²) < 4.78 is 7.23. The van der Waals surface area contributed by atoms with Gasteiger partial charge in [-0.3, -0.25) is 4.90 Å². The Balaban J connectivity index is 1.59. The zero-order chi connectivity index (χ0) is 16.4. The highest BCUT2D eigenvalue weighted by molar-refractivity contribution is 5.32. The summed E-state index contributed by atoms with van der Waals surface area (Å²) in [6.45, 7) is 3.84. The van der Waals surface area contributed by atoms with Crippen molar-refractivity contribution in [1.29, 1.82) is 0 Å². The first-order valence-corrected chi connectivity index (χ1v) is 8.87. The van der Waals surface area contributed by atoms with Crippen molar-refractivity contribution in [2.45, 2.75) is 37.6 Å². The average molecular weight is 328 g/mol. The summed E-state index contributed by atoms with van der Waals surface area (Å²) in [5, 5.41) is 7.02. The van der Waals surface area contributed by atoms with Crippen molar-refractivity contribution in [3.05, 3.63) is 46.6 Å². The molecule has 0 unspecified atom stereocenters. The fourth-order valence-corrected chi connectivity index (χ4v) is 4.01. The molecule has 1 aromatic heterocycles. The van der Waals surface area contributed by atoms with E-state index in [-0.39, 0.29) is 5.69 Å². The molecule has 0 bridgehead atoms. The SMILES string of the molecule is O=c1[nH]nc([C@H]2CCCN(C3CCOCC3)C2)n1-c1ccccc1. The van der Waals surface area contributed by atoms with Gasteiger partial charge in [0, 0.05) is 31.7 Å². The Morgan fingerprint density at radius 1 is 1.12 bits per heavy atom. The third-order valence-electron chi connectivity index (χ3n) is 5.24. The Morgan fingerprint density at radius 2 is 1.92 bits per heavy atom. The first-order valence-electron chi connectivity index (χ1n) is 8.87. The predicted molar refractivity (Wildman–Crippen MR) is 91.6 cm³/mol. The molecule has 0 amide bonds. The van der Waals surface area contributed by atoms with Gasteiger partial charge in [-0.1, -0.05) is 18.2 Å². The minimum atomic E-state index is -0.153. The minimum absolute atomic E-state index is 0.153. The first-order chi connectivity index (χ1) is 11.8. The molecule has 1 N–H and O–H groups in total. The third-order valence-corrected chi connectivity index (χ3v) is 5.24. The Labute approximate surface area is 141 Å². The second kappa shape index (κ2) is 6.91. The van der Waals surface area contributed by atoms with E-state index in [1.807, 2.05) is 30.3 Å². The molecule has 1 aromatic carbocycles. The van der Waals surface area contributed by atoms with E-state index in [1.54, 1.807) is 4.57 Å². The first kappa shape index (κ1) is 15.6. The lowest BCUT2D eigenvalue weighted by Gasteiger charge is -2.39. The van der Waals surface area contributed by atoms with E-state index >= 15 is 0 Å². The molecule has 4 rings (SSSR count). The molecule has 0 radical (unpaired) electrons. The van der Waals surface area contributed by atoms with Crippen LogP contribution in [0.15, 0.2) is 35.1 Å². The normalized spacial score (nSPS) is 23.4. The van der Waals surface area contributed by atoms with Gasteiger partial charge in [-0.15, -0.1) is 0 Å². The number of hydrogen-bond donors (Lipinski definition) is 1. The lowest BCUT2D eigenvalue weighted by molar-refractivity contribution is 0.0234. The van der Waals surface area contributed by atoms with Crippen molar-refractivity contribution in [3.63, 3.8) is 0 Å². The van der Waals surface area contributed by atoms with Crippen LogP contribution in [0.1, 0.15) is 37.4 Å². The van der Waals surface area contributed by atoms with E-state index in [9.17, 15) is 4.79 Å². The summed E-state index contributed by atoms with van der Waals surface area (Å²) in [5.41, 5.74) is 0.730. The van der Waals surface area contributed by atoms with Crippen LogP contribution in [0.5, 0.6) is 0 Å². The largest absolute Gasteiger partial charge is 0.381 e. The highest BCUT2D eigenvalue weighted by Gasteiger charge is 2.30. The number of H-pyrrole nitrogens is 1. The Hall–Kier alpha value is -1.92. The zero-order valence-electron chi connectivity index (χ0n) is 13.9. The number of piperidine rings is 1. The highest BCUT2D eigenvalue weighted by Crippen LogP contribution is 2.29. The van der Waals surface area contributed by atoms with Crippen molar-refractivity contribution in [2.75, 3.05) is 26.3 Å². The monoisotopic (exact) mass is 328 g/mol. The molecule has 2 saturated heterocycles. The van der Waals surface area contributed by atoms with Crippen LogP contribution in [0, 0.1) is 0 Å². The fraction of sp³-hybridized carbons (Fsp3) is 0.556. The van der Waals surface area contributed by atoms with Gasteiger partial charge in [-0.05, 0) is 44.4 Å². The number of ether oxygens (including phenoxy) is 1. The number of rotatable bonds is 3. The summed E-state index contributed by atoms with van der Waals surface area (Å²) in [6, 6.07) is 10.4. The minimum Gasteiger partial charge on any atom is -0.381 e. The van der Waals surface area contributed by atoms with Crippen molar-refractivity contribution >= 4 is 0 Å². The quantitative estimate of drug-likeness (QED) is 0.935. The standard InChI is InChI=1S/C18H24N4O2/c23-18-20-19-17(22(18)16-6-2-1-3-7-16)14-5-4-10-21(13-14)15-8-11-24-12-9-15/h1-3,6-7,14-15H,4-5,8-13H2,(H,20,23)/t14-/m0/s1. The van der Waals surface area contributed by atoms with Crippen LogP contribution in [-0.4, -0.2) is 52.0 Å². The van der Waals surface area contributed by atoms with Gasteiger partial charge in [0.2, 0.25) is 0 Å². The van der Waals surface area contributed by atoms with Gasteiger partial charge in [0.25, 0.3) is 0 Å². The van der Waals surface area contributed by atoms with Gasteiger partial charge in [0.1, 0.15) is 5.82 Å². The molecule has 6 heteroatoms. The van der Waals surface area contributed by atoms with Gasteiger partial charge >= 0.3 is 5.69 Å². The third kappa shape index (κ3) is 3.03. The van der Waals surface area contributed by atoms with Crippen LogP contribution in [0.3, 0.4) is 0 Å². The molecule has 0 spiro atoms. The number of nitrogens with zero attached hydrogens (tertiary/aromatic N) is 3. The molecule has 0 saturated carbocycles. The molecule has 2 aliphatic heterocycles. The maximum Gasteiger partial charge on any atom is 0.347 e. The van der Waals surface area contributed by atoms with Crippen molar-refractivity contribution in [1.82, 2.24) is 19.7 Å². The van der Waals surface area contributed by atoms with Crippen molar-refractivity contribution in [2.24, 2.45) is 0 Å². The lowest BCUT2D eigenvalue weighted by atomic mass is 9.94. The summed E-state index contributed by atoms with van der Waals surface area (Å²) >= 11 is 0. The summed E-state index contributed by atoms with van der Waals surface area (Å²) in [7, 11) is 0. The Morgan fingerprint density at radius 3 is 2.71 bits per heavy atom. The van der Waals surface area contributed by atoms with E-state index < -0.39 is 0 Å². The lowest BCUT2D eigenvalue weighted by Crippen LogP contribution is -2.45. The van der Waals surface area contributed by atoms with E-state index in [0.717, 1.165) is 63.5 Å². The molecule has 2 fully saturated rings. The number of nitrogens with one attached hydrogen (secondary N) is 1. The van der Waals surface area contributed by atoms with Crippen LogP contribution in [0.2, 0.25) is 0 Å². The van der Waals surface area contributed by atoms with Crippen molar-refractivity contribution < 1.29 is 4.74 Å². The zero-order valence-corrected chi connectivity index (χ0v) is 13.9. The van der Waals surface area contributed by atoms with Gasteiger partial charge in [-0.25, -0.2) is 14.5 Å². The van der Waals surface area contributed by atoms with Crippen LogP contribution in [0.4, 0.5) is 0 Å². The van der Waals surface area contributed by atoms with Gasteiger partial charge < -0.3 is 4.74 Å². The van der Waals surface area contributed by atoms with Crippen LogP contribution < -0.4 is 5.69 Å². The van der Waals surface area contributed by atoms with Crippen LogP contribution in [-0.2, 0) is 4.74 Å². The summed E-state index contributed by atoms with van der Waals surface area (Å²) in [6.07, 6.45) is 4.45. The molecule has 6 nitrogen and oxygen atoms in total. The number of para-hydroxylation sites is 1.